The van der Waals surface area contributed by atoms with E-state index in [1.54, 1.807) is 6.92 Å². The number of hydrogen-bond acceptors (Lipinski definition) is 3. The first-order chi connectivity index (χ1) is 5.96. The Hall–Kier alpha value is -1.00. The molecule has 0 aliphatic carbocycles. The molecule has 13 heavy (non-hydrogen) atoms. The molecule has 0 aliphatic heterocycles. The zero-order valence-electron chi connectivity index (χ0n) is 7.66. The fraction of sp³-hybridized carbons (Fsp3) is 0.444. The first-order valence-electron chi connectivity index (χ1n) is 4.04. The first-order valence-corrected chi connectivity index (χ1v) is 4.04. The van der Waals surface area contributed by atoms with E-state index >= 15 is 0 Å². The van der Waals surface area contributed by atoms with E-state index in [4.69, 9.17) is 5.73 Å². The number of nitrogens with two attached hydrogens (primary N) is 1. The van der Waals surface area contributed by atoms with E-state index in [2.05, 4.69) is 4.98 Å². The third-order valence-corrected chi connectivity index (χ3v) is 2.20. The second-order valence-electron chi connectivity index (χ2n) is 3.29. The van der Waals surface area contributed by atoms with Gasteiger partial charge in [0.2, 0.25) is 0 Å². The van der Waals surface area contributed by atoms with Gasteiger partial charge in [0.25, 0.3) is 0 Å². The van der Waals surface area contributed by atoms with Gasteiger partial charge in [-0.3, -0.25) is 4.98 Å². The highest BCUT2D eigenvalue weighted by Crippen LogP contribution is 2.24. The molecule has 0 saturated carbocycles. The molecule has 3 nitrogen and oxygen atoms in total. The van der Waals surface area contributed by atoms with Gasteiger partial charge in [0.05, 0.1) is 6.20 Å². The van der Waals surface area contributed by atoms with Crippen LogP contribution in [0.5, 0.6) is 0 Å². The number of hydrogen-bond donors (Lipinski definition) is 2. The number of nitrogens with zero attached hydrogens (tertiary/aromatic N) is 1. The summed E-state index contributed by atoms with van der Waals surface area (Å²) in [4.78, 5) is 3.59. The predicted octanol–water partition coefficient (Wildman–Crippen LogP) is 0.775. The van der Waals surface area contributed by atoms with Crippen LogP contribution in [0.3, 0.4) is 0 Å². The Balaban J connectivity index is 3.14. The predicted molar refractivity (Wildman–Crippen MR) is 47.4 cm³/mol. The van der Waals surface area contributed by atoms with Gasteiger partial charge >= 0.3 is 0 Å². The van der Waals surface area contributed by atoms with Gasteiger partial charge in [-0.2, -0.15) is 0 Å². The summed E-state index contributed by atoms with van der Waals surface area (Å²) >= 11 is 0. The zero-order valence-corrected chi connectivity index (χ0v) is 7.66. The van der Waals surface area contributed by atoms with Gasteiger partial charge in [-0.1, -0.05) is 0 Å². The van der Waals surface area contributed by atoms with Crippen LogP contribution in [0, 0.1) is 5.82 Å². The van der Waals surface area contributed by atoms with Gasteiger partial charge in [0.15, 0.2) is 0 Å². The van der Waals surface area contributed by atoms with Crippen molar-refractivity contribution in [2.45, 2.75) is 25.5 Å². The lowest BCUT2D eigenvalue weighted by Crippen LogP contribution is -2.41. The molecule has 0 radical (unpaired) electrons. The quantitative estimate of drug-likeness (QED) is 0.714. The molecule has 1 heterocycles. The molecule has 1 rings (SSSR count). The van der Waals surface area contributed by atoms with Crippen LogP contribution >= 0.6 is 0 Å². The smallest absolute Gasteiger partial charge is 0.147 e. The largest absolute Gasteiger partial charge is 0.384 e. The van der Waals surface area contributed by atoms with E-state index < -0.39 is 17.5 Å². The average molecular weight is 184 g/mol. The summed E-state index contributed by atoms with van der Waals surface area (Å²) in [5, 5.41) is 9.85. The Labute approximate surface area is 76.4 Å². The normalized spacial score (nSPS) is 17.9. The second kappa shape index (κ2) is 3.40. The van der Waals surface area contributed by atoms with Crippen molar-refractivity contribution in [2.24, 2.45) is 5.73 Å². The minimum absolute atomic E-state index is 0.178. The van der Waals surface area contributed by atoms with E-state index in [1.807, 2.05) is 0 Å². The molecule has 4 heteroatoms. The summed E-state index contributed by atoms with van der Waals surface area (Å²) in [6, 6.07) is 0.892. The number of rotatable bonds is 2. The van der Waals surface area contributed by atoms with E-state index in [0.29, 0.717) is 0 Å². The van der Waals surface area contributed by atoms with Crippen LogP contribution in [-0.4, -0.2) is 16.1 Å². The Morgan fingerprint density at radius 3 is 2.77 bits per heavy atom. The Bertz CT molecular complexity index is 299. The van der Waals surface area contributed by atoms with Crippen molar-refractivity contribution >= 4 is 0 Å². The lowest BCUT2D eigenvalue weighted by molar-refractivity contribution is 0.0312. The first kappa shape index (κ1) is 10.1. The van der Waals surface area contributed by atoms with Gasteiger partial charge in [0, 0.05) is 17.8 Å². The maximum atomic E-state index is 13.2. The summed E-state index contributed by atoms with van der Waals surface area (Å²) in [7, 11) is 0. The Kier molecular flexibility index (Phi) is 2.63. The van der Waals surface area contributed by atoms with Gasteiger partial charge < -0.3 is 10.8 Å². The summed E-state index contributed by atoms with van der Waals surface area (Å²) in [5.41, 5.74) is 4.36. The fourth-order valence-electron chi connectivity index (χ4n) is 1.03. The summed E-state index contributed by atoms with van der Waals surface area (Å²) in [6.45, 7) is 3.11. The molecule has 1 aromatic rings. The highest BCUT2D eigenvalue weighted by Gasteiger charge is 2.30. The molecule has 0 aromatic carbocycles. The molecule has 72 valence electrons. The highest BCUT2D eigenvalue weighted by molar-refractivity contribution is 5.21. The van der Waals surface area contributed by atoms with E-state index in [1.165, 1.54) is 19.2 Å². The number of aliphatic hydroxyl groups is 1. The minimum Gasteiger partial charge on any atom is -0.384 e. The lowest BCUT2D eigenvalue weighted by Gasteiger charge is -2.27. The molecular formula is C9H13FN2O. The van der Waals surface area contributed by atoms with Crippen LogP contribution in [0.4, 0.5) is 4.39 Å². The van der Waals surface area contributed by atoms with Crippen molar-refractivity contribution in [2.75, 3.05) is 0 Å². The minimum atomic E-state index is -1.35. The highest BCUT2D eigenvalue weighted by atomic mass is 19.1. The molecule has 2 atom stereocenters. The van der Waals surface area contributed by atoms with Gasteiger partial charge in [-0.25, -0.2) is 4.39 Å². The fourth-order valence-corrected chi connectivity index (χ4v) is 1.03. The van der Waals surface area contributed by atoms with Crippen molar-refractivity contribution in [3.63, 3.8) is 0 Å². The van der Waals surface area contributed by atoms with Crippen molar-refractivity contribution in [1.29, 1.82) is 0 Å². The molecule has 3 N–H and O–H groups in total. The van der Waals surface area contributed by atoms with Crippen LogP contribution in [0.2, 0.25) is 0 Å². The molecule has 0 fully saturated rings. The standard InChI is InChI=1S/C9H13FN2O/c1-6(11)9(2,13)7-3-4-12-5-8(7)10/h3-6,13H,11H2,1-2H3. The summed E-state index contributed by atoms with van der Waals surface area (Å²) in [6.07, 6.45) is 2.49. The zero-order chi connectivity index (χ0) is 10.1. The SMILES string of the molecule is CC(N)C(C)(O)c1ccncc1F. The van der Waals surface area contributed by atoms with E-state index in [9.17, 15) is 9.50 Å². The van der Waals surface area contributed by atoms with Crippen molar-refractivity contribution in [3.8, 4) is 0 Å². The Morgan fingerprint density at radius 2 is 2.31 bits per heavy atom. The molecule has 0 aliphatic rings. The third kappa shape index (κ3) is 1.84. The van der Waals surface area contributed by atoms with Crippen LogP contribution in [0.1, 0.15) is 19.4 Å². The maximum Gasteiger partial charge on any atom is 0.147 e. The molecule has 1 aromatic heterocycles. The molecule has 0 saturated heterocycles. The van der Waals surface area contributed by atoms with Gasteiger partial charge in [-0.05, 0) is 19.9 Å². The molecular weight excluding hydrogens is 171 g/mol. The number of halogens is 1. The molecule has 2 unspecified atom stereocenters. The number of aromatic nitrogens is 1. The average Bonchev–Trinajstić information content (AvgIpc) is 2.04. The van der Waals surface area contributed by atoms with Crippen LogP contribution < -0.4 is 5.73 Å². The number of pyridine rings is 1. The molecule has 0 amide bonds. The molecule has 0 spiro atoms. The van der Waals surface area contributed by atoms with Crippen LogP contribution in [0.15, 0.2) is 18.5 Å². The maximum absolute atomic E-state index is 13.2. The third-order valence-electron chi connectivity index (χ3n) is 2.20. The van der Waals surface area contributed by atoms with E-state index in [0.717, 1.165) is 6.20 Å². The van der Waals surface area contributed by atoms with Crippen molar-refractivity contribution in [1.82, 2.24) is 4.98 Å². The van der Waals surface area contributed by atoms with Gasteiger partial charge in [0.1, 0.15) is 11.4 Å². The Morgan fingerprint density at radius 1 is 1.69 bits per heavy atom. The molecule has 0 bridgehead atoms. The lowest BCUT2D eigenvalue weighted by atomic mass is 9.90. The topological polar surface area (TPSA) is 59.1 Å². The van der Waals surface area contributed by atoms with Crippen molar-refractivity contribution in [3.05, 3.63) is 29.8 Å². The van der Waals surface area contributed by atoms with Crippen LogP contribution in [-0.2, 0) is 5.60 Å². The van der Waals surface area contributed by atoms with Crippen LogP contribution in [0.25, 0.3) is 0 Å². The summed E-state index contributed by atoms with van der Waals surface area (Å²) in [5.74, 6) is -0.537. The van der Waals surface area contributed by atoms with Crippen molar-refractivity contribution < 1.29 is 9.50 Å². The van der Waals surface area contributed by atoms with Gasteiger partial charge in [-0.15, -0.1) is 0 Å². The second-order valence-corrected chi connectivity index (χ2v) is 3.29. The summed E-state index contributed by atoms with van der Waals surface area (Å²) < 4.78 is 13.2. The monoisotopic (exact) mass is 184 g/mol. The van der Waals surface area contributed by atoms with E-state index in [-0.39, 0.29) is 5.56 Å².